The van der Waals surface area contributed by atoms with E-state index < -0.39 is 0 Å². The Morgan fingerprint density at radius 2 is 1.77 bits per heavy atom. The van der Waals surface area contributed by atoms with Crippen molar-refractivity contribution in [2.45, 2.75) is 19.4 Å². The average molecular weight is 367 g/mol. The van der Waals surface area contributed by atoms with Gasteiger partial charge in [0.2, 0.25) is 0 Å². The maximum Gasteiger partial charge on any atom is 0.174 e. The van der Waals surface area contributed by atoms with E-state index in [2.05, 4.69) is 31.7 Å². The summed E-state index contributed by atoms with van der Waals surface area (Å²) in [5.74, 6) is 2.31. The number of para-hydroxylation sites is 1. The molecule has 1 N–H and O–H groups in total. The Hall–Kier alpha value is -3.00. The van der Waals surface area contributed by atoms with Crippen LogP contribution in [0.4, 0.5) is 0 Å². The summed E-state index contributed by atoms with van der Waals surface area (Å²) in [7, 11) is 0. The van der Waals surface area contributed by atoms with E-state index in [1.165, 1.54) is 4.70 Å². The number of hydrogen-bond donors (Lipinski definition) is 1. The van der Waals surface area contributed by atoms with Gasteiger partial charge in [0.05, 0.1) is 16.8 Å². The SMILES string of the molecule is c1ccc2sc(COc3ccc(OCCCc4nn[nH]n4)cc3)nc2c1. The maximum atomic E-state index is 5.82. The predicted octanol–water partition coefficient (Wildman–Crippen LogP) is 3.40. The van der Waals surface area contributed by atoms with Crippen molar-refractivity contribution in [1.82, 2.24) is 25.6 Å². The molecule has 132 valence electrons. The number of H-pyrrole nitrogens is 1. The van der Waals surface area contributed by atoms with Gasteiger partial charge in [-0.1, -0.05) is 17.3 Å². The van der Waals surface area contributed by atoms with Crippen LogP contribution >= 0.6 is 11.3 Å². The van der Waals surface area contributed by atoms with E-state index >= 15 is 0 Å². The van der Waals surface area contributed by atoms with Crippen LogP contribution in [-0.2, 0) is 13.0 Å². The highest BCUT2D eigenvalue weighted by molar-refractivity contribution is 7.18. The molecular weight excluding hydrogens is 350 g/mol. The van der Waals surface area contributed by atoms with Gasteiger partial charge in [0, 0.05) is 6.42 Å². The highest BCUT2D eigenvalue weighted by atomic mass is 32.1. The molecule has 0 aliphatic carbocycles. The highest BCUT2D eigenvalue weighted by Crippen LogP contribution is 2.24. The van der Waals surface area contributed by atoms with E-state index in [9.17, 15) is 0 Å². The zero-order chi connectivity index (χ0) is 17.6. The molecule has 0 unspecified atom stereocenters. The number of aromatic amines is 1. The molecule has 0 bridgehead atoms. The molecule has 2 aromatic heterocycles. The first-order valence-electron chi connectivity index (χ1n) is 8.29. The molecule has 0 aliphatic rings. The number of thiazole rings is 1. The first kappa shape index (κ1) is 16.5. The van der Waals surface area contributed by atoms with Gasteiger partial charge in [-0.2, -0.15) is 5.21 Å². The Labute approximate surface area is 154 Å². The van der Waals surface area contributed by atoms with Crippen molar-refractivity contribution >= 4 is 21.6 Å². The van der Waals surface area contributed by atoms with Crippen LogP contribution in [-0.4, -0.2) is 32.2 Å². The van der Waals surface area contributed by atoms with Gasteiger partial charge in [-0.15, -0.1) is 21.5 Å². The van der Waals surface area contributed by atoms with E-state index in [1.807, 2.05) is 42.5 Å². The van der Waals surface area contributed by atoms with E-state index in [4.69, 9.17) is 9.47 Å². The molecule has 0 saturated carbocycles. The zero-order valence-corrected chi connectivity index (χ0v) is 14.8. The Bertz CT molecular complexity index is 920. The minimum Gasteiger partial charge on any atom is -0.494 e. The third-order valence-corrected chi connectivity index (χ3v) is 4.74. The molecule has 0 aliphatic heterocycles. The quantitative estimate of drug-likeness (QED) is 0.480. The molecule has 26 heavy (non-hydrogen) atoms. The second kappa shape index (κ2) is 7.92. The number of fused-ring (bicyclic) bond motifs is 1. The summed E-state index contributed by atoms with van der Waals surface area (Å²) in [6.07, 6.45) is 1.56. The molecule has 4 aromatic rings. The number of aryl methyl sites for hydroxylation is 1. The molecule has 0 amide bonds. The average Bonchev–Trinajstić information content (AvgIpc) is 3.33. The lowest BCUT2D eigenvalue weighted by Crippen LogP contribution is -2.00. The molecule has 0 radical (unpaired) electrons. The normalized spacial score (nSPS) is 10.9. The molecular formula is C18H17N5O2S. The van der Waals surface area contributed by atoms with Crippen molar-refractivity contribution in [3.8, 4) is 11.5 Å². The first-order valence-corrected chi connectivity index (χ1v) is 9.11. The summed E-state index contributed by atoms with van der Waals surface area (Å²) >= 11 is 1.65. The number of benzene rings is 2. The number of ether oxygens (including phenoxy) is 2. The van der Waals surface area contributed by atoms with Crippen LogP contribution in [0.15, 0.2) is 48.5 Å². The molecule has 2 heterocycles. The molecule has 0 saturated heterocycles. The van der Waals surface area contributed by atoms with Crippen LogP contribution in [0.25, 0.3) is 10.2 Å². The van der Waals surface area contributed by atoms with Gasteiger partial charge in [0.15, 0.2) is 5.82 Å². The summed E-state index contributed by atoms with van der Waals surface area (Å²) in [6, 6.07) is 15.7. The van der Waals surface area contributed by atoms with Crippen LogP contribution in [0.5, 0.6) is 11.5 Å². The summed E-state index contributed by atoms with van der Waals surface area (Å²) in [6.45, 7) is 1.06. The number of hydrogen-bond acceptors (Lipinski definition) is 7. The molecule has 2 aromatic carbocycles. The Morgan fingerprint density at radius 1 is 0.962 bits per heavy atom. The van der Waals surface area contributed by atoms with E-state index in [0.29, 0.717) is 19.0 Å². The lowest BCUT2D eigenvalue weighted by molar-refractivity contribution is 0.299. The maximum absolute atomic E-state index is 5.82. The smallest absolute Gasteiger partial charge is 0.174 e. The van der Waals surface area contributed by atoms with Gasteiger partial charge in [-0.3, -0.25) is 0 Å². The second-order valence-corrected chi connectivity index (χ2v) is 6.73. The fraction of sp³-hybridized carbons (Fsp3) is 0.222. The number of tetrazole rings is 1. The Kier molecular flexibility index (Phi) is 5.02. The fourth-order valence-electron chi connectivity index (χ4n) is 2.47. The van der Waals surface area contributed by atoms with Crippen LogP contribution < -0.4 is 9.47 Å². The lowest BCUT2D eigenvalue weighted by atomic mass is 10.3. The first-order chi connectivity index (χ1) is 12.9. The number of rotatable bonds is 8. The second-order valence-electron chi connectivity index (χ2n) is 5.62. The van der Waals surface area contributed by atoms with Gasteiger partial charge in [0.1, 0.15) is 23.1 Å². The third kappa shape index (κ3) is 4.15. The zero-order valence-electron chi connectivity index (χ0n) is 14.0. The van der Waals surface area contributed by atoms with Crippen molar-refractivity contribution in [3.05, 3.63) is 59.4 Å². The molecule has 7 nitrogen and oxygen atoms in total. The standard InChI is InChI=1S/C18H17N5O2S/c1-2-5-16-15(4-1)19-18(26-16)12-25-14-9-7-13(8-10-14)24-11-3-6-17-20-22-23-21-17/h1-2,4-5,7-10H,3,6,11-12H2,(H,20,21,22,23). The number of nitrogens with zero attached hydrogens (tertiary/aromatic N) is 4. The van der Waals surface area contributed by atoms with Crippen LogP contribution in [0.3, 0.4) is 0 Å². The van der Waals surface area contributed by atoms with Crippen molar-refractivity contribution in [2.75, 3.05) is 6.61 Å². The Balaban J connectivity index is 1.24. The van der Waals surface area contributed by atoms with Crippen molar-refractivity contribution in [1.29, 1.82) is 0 Å². The molecule has 0 spiro atoms. The van der Waals surface area contributed by atoms with E-state index in [1.54, 1.807) is 11.3 Å². The van der Waals surface area contributed by atoms with Crippen molar-refractivity contribution < 1.29 is 9.47 Å². The fourth-order valence-corrected chi connectivity index (χ4v) is 3.35. The Morgan fingerprint density at radius 3 is 2.54 bits per heavy atom. The highest BCUT2D eigenvalue weighted by Gasteiger charge is 2.04. The summed E-state index contributed by atoms with van der Waals surface area (Å²) < 4.78 is 12.7. The van der Waals surface area contributed by atoms with Gasteiger partial charge in [-0.05, 0) is 42.8 Å². The predicted molar refractivity (Wildman–Crippen MR) is 98.4 cm³/mol. The molecule has 8 heteroatoms. The number of nitrogens with one attached hydrogen (secondary N) is 1. The molecule has 0 atom stereocenters. The minimum atomic E-state index is 0.463. The van der Waals surface area contributed by atoms with Gasteiger partial charge >= 0.3 is 0 Å². The van der Waals surface area contributed by atoms with Gasteiger partial charge < -0.3 is 9.47 Å². The van der Waals surface area contributed by atoms with Crippen LogP contribution in [0.2, 0.25) is 0 Å². The van der Waals surface area contributed by atoms with E-state index in [-0.39, 0.29) is 0 Å². The summed E-state index contributed by atoms with van der Waals surface area (Å²) in [4.78, 5) is 4.57. The number of aromatic nitrogens is 5. The lowest BCUT2D eigenvalue weighted by Gasteiger charge is -2.07. The van der Waals surface area contributed by atoms with Crippen LogP contribution in [0, 0.1) is 0 Å². The monoisotopic (exact) mass is 367 g/mol. The van der Waals surface area contributed by atoms with Gasteiger partial charge in [0.25, 0.3) is 0 Å². The topological polar surface area (TPSA) is 85.8 Å². The molecule has 4 rings (SSSR count). The third-order valence-electron chi connectivity index (χ3n) is 3.73. The largest absolute Gasteiger partial charge is 0.494 e. The van der Waals surface area contributed by atoms with Crippen molar-refractivity contribution in [3.63, 3.8) is 0 Å². The minimum absolute atomic E-state index is 0.463. The summed E-state index contributed by atoms with van der Waals surface area (Å²) in [5, 5.41) is 14.7. The summed E-state index contributed by atoms with van der Waals surface area (Å²) in [5.41, 5.74) is 1.01. The van der Waals surface area contributed by atoms with Crippen molar-refractivity contribution in [2.24, 2.45) is 0 Å². The molecule has 0 fully saturated rings. The van der Waals surface area contributed by atoms with Gasteiger partial charge in [-0.25, -0.2) is 4.98 Å². The van der Waals surface area contributed by atoms with Crippen LogP contribution in [0.1, 0.15) is 17.3 Å². The van der Waals surface area contributed by atoms with E-state index in [0.717, 1.165) is 34.9 Å².